The topological polar surface area (TPSA) is 62.5 Å². The fraction of sp³-hybridized carbons (Fsp3) is 0.409. The molecule has 1 fully saturated rings. The van der Waals surface area contributed by atoms with E-state index in [-0.39, 0.29) is 11.8 Å². The number of thiophene rings is 1. The van der Waals surface area contributed by atoms with Crippen LogP contribution >= 0.6 is 11.3 Å². The van der Waals surface area contributed by atoms with Gasteiger partial charge in [0.05, 0.1) is 11.4 Å². The minimum atomic E-state index is 0.0522. The molecule has 0 spiro atoms. The Morgan fingerprint density at radius 3 is 2.66 bits per heavy atom. The predicted molar refractivity (Wildman–Crippen MR) is 115 cm³/mol. The summed E-state index contributed by atoms with van der Waals surface area (Å²) in [6.07, 6.45) is 1.74. The number of hydrogen-bond donors (Lipinski definition) is 0. The highest BCUT2D eigenvalue weighted by molar-refractivity contribution is 7.13. The molecule has 0 unspecified atom stereocenters. The third-order valence-corrected chi connectivity index (χ3v) is 6.34. The number of carbonyl (C=O) groups is 1. The standard InChI is InChI=1S/C22H26N4O2S/c1-3-25(15-20-23-21(24-28-20)19-5-4-14-29-19)22(27)17-10-12-26(13-11-17)18-8-6-16(2)7-9-18/h4-9,14,17H,3,10-13,15H2,1-2H3. The van der Waals surface area contributed by atoms with Crippen molar-refractivity contribution in [3.8, 4) is 10.7 Å². The van der Waals surface area contributed by atoms with Gasteiger partial charge in [-0.1, -0.05) is 28.9 Å². The van der Waals surface area contributed by atoms with Gasteiger partial charge in [0.15, 0.2) is 0 Å². The quantitative estimate of drug-likeness (QED) is 0.604. The predicted octanol–water partition coefficient (Wildman–Crippen LogP) is 4.37. The monoisotopic (exact) mass is 410 g/mol. The number of aromatic nitrogens is 2. The molecule has 1 aromatic carbocycles. The van der Waals surface area contributed by atoms with Crippen molar-refractivity contribution in [1.82, 2.24) is 15.0 Å². The van der Waals surface area contributed by atoms with Gasteiger partial charge >= 0.3 is 0 Å². The third kappa shape index (κ3) is 4.50. The van der Waals surface area contributed by atoms with Gasteiger partial charge in [0.1, 0.15) is 0 Å². The summed E-state index contributed by atoms with van der Waals surface area (Å²) in [6, 6.07) is 12.5. The van der Waals surface area contributed by atoms with Gasteiger partial charge in [-0.15, -0.1) is 11.3 Å². The Balaban J connectivity index is 1.35. The average molecular weight is 411 g/mol. The molecule has 2 aromatic heterocycles. The van der Waals surface area contributed by atoms with Crippen LogP contribution in [0.2, 0.25) is 0 Å². The fourth-order valence-electron chi connectivity index (χ4n) is 3.73. The van der Waals surface area contributed by atoms with E-state index in [4.69, 9.17) is 4.52 Å². The summed E-state index contributed by atoms with van der Waals surface area (Å²) in [6.45, 7) is 6.90. The first-order valence-corrected chi connectivity index (χ1v) is 11.0. The van der Waals surface area contributed by atoms with Crippen molar-refractivity contribution in [2.75, 3.05) is 24.5 Å². The van der Waals surface area contributed by atoms with E-state index in [1.165, 1.54) is 11.3 Å². The maximum absolute atomic E-state index is 13.1. The molecule has 0 bridgehead atoms. The SMILES string of the molecule is CCN(Cc1nc(-c2cccs2)no1)C(=O)C1CCN(c2ccc(C)cc2)CC1. The number of piperidine rings is 1. The van der Waals surface area contributed by atoms with Crippen LogP contribution in [-0.2, 0) is 11.3 Å². The van der Waals surface area contributed by atoms with Crippen molar-refractivity contribution in [3.05, 3.63) is 53.2 Å². The van der Waals surface area contributed by atoms with Crippen LogP contribution in [0, 0.1) is 12.8 Å². The summed E-state index contributed by atoms with van der Waals surface area (Å²) >= 11 is 1.57. The normalized spacial score (nSPS) is 14.9. The Bertz CT molecular complexity index is 928. The van der Waals surface area contributed by atoms with Crippen molar-refractivity contribution in [2.45, 2.75) is 33.2 Å². The first kappa shape index (κ1) is 19.6. The van der Waals surface area contributed by atoms with E-state index in [0.717, 1.165) is 30.8 Å². The molecule has 4 rings (SSSR count). The van der Waals surface area contributed by atoms with Crippen LogP contribution < -0.4 is 4.90 Å². The van der Waals surface area contributed by atoms with E-state index in [1.54, 1.807) is 11.3 Å². The maximum Gasteiger partial charge on any atom is 0.246 e. The van der Waals surface area contributed by atoms with Crippen molar-refractivity contribution < 1.29 is 9.32 Å². The molecule has 1 amide bonds. The first-order valence-electron chi connectivity index (χ1n) is 10.1. The van der Waals surface area contributed by atoms with E-state index in [9.17, 15) is 4.79 Å². The molecule has 3 heterocycles. The Morgan fingerprint density at radius 2 is 2.00 bits per heavy atom. The number of aryl methyl sites for hydroxylation is 1. The maximum atomic E-state index is 13.1. The minimum Gasteiger partial charge on any atom is -0.371 e. The van der Waals surface area contributed by atoms with Gasteiger partial charge in [-0.2, -0.15) is 4.98 Å². The molecule has 1 aliphatic heterocycles. The van der Waals surface area contributed by atoms with Gasteiger partial charge in [0, 0.05) is 31.2 Å². The highest BCUT2D eigenvalue weighted by Gasteiger charge is 2.29. The lowest BCUT2D eigenvalue weighted by Crippen LogP contribution is -2.42. The Kier molecular flexibility index (Phi) is 5.94. The highest BCUT2D eigenvalue weighted by Crippen LogP contribution is 2.26. The number of hydrogen-bond acceptors (Lipinski definition) is 6. The van der Waals surface area contributed by atoms with E-state index in [1.807, 2.05) is 29.3 Å². The number of amides is 1. The molecule has 0 saturated carbocycles. The van der Waals surface area contributed by atoms with Gasteiger partial charge in [-0.3, -0.25) is 4.79 Å². The summed E-state index contributed by atoms with van der Waals surface area (Å²) in [4.78, 5) is 22.7. The lowest BCUT2D eigenvalue weighted by molar-refractivity contribution is -0.137. The van der Waals surface area contributed by atoms with Crippen molar-refractivity contribution >= 4 is 22.9 Å². The van der Waals surface area contributed by atoms with E-state index < -0.39 is 0 Å². The number of benzene rings is 1. The molecule has 0 N–H and O–H groups in total. The molecule has 152 valence electrons. The molecule has 29 heavy (non-hydrogen) atoms. The zero-order valence-corrected chi connectivity index (χ0v) is 17.7. The van der Waals surface area contributed by atoms with E-state index >= 15 is 0 Å². The number of carbonyl (C=O) groups excluding carboxylic acids is 1. The number of nitrogens with zero attached hydrogens (tertiary/aromatic N) is 4. The minimum absolute atomic E-state index is 0.0522. The van der Waals surface area contributed by atoms with Gasteiger partial charge in [0.25, 0.3) is 0 Å². The molecule has 0 radical (unpaired) electrons. The van der Waals surface area contributed by atoms with Crippen LogP contribution in [0.25, 0.3) is 10.7 Å². The van der Waals surface area contributed by atoms with Crippen molar-refractivity contribution in [2.24, 2.45) is 5.92 Å². The smallest absolute Gasteiger partial charge is 0.246 e. The highest BCUT2D eigenvalue weighted by atomic mass is 32.1. The molecule has 6 nitrogen and oxygen atoms in total. The lowest BCUT2D eigenvalue weighted by atomic mass is 9.94. The van der Waals surface area contributed by atoms with Crippen LogP contribution in [0.5, 0.6) is 0 Å². The van der Waals surface area contributed by atoms with Crippen LogP contribution in [0.15, 0.2) is 46.3 Å². The first-order chi connectivity index (χ1) is 14.1. The van der Waals surface area contributed by atoms with Gasteiger partial charge in [-0.25, -0.2) is 0 Å². The van der Waals surface area contributed by atoms with Crippen molar-refractivity contribution in [3.63, 3.8) is 0 Å². The van der Waals surface area contributed by atoms with Crippen LogP contribution in [0.1, 0.15) is 31.2 Å². The molecule has 0 aliphatic carbocycles. The fourth-order valence-corrected chi connectivity index (χ4v) is 4.38. The third-order valence-electron chi connectivity index (χ3n) is 5.47. The van der Waals surface area contributed by atoms with E-state index in [2.05, 4.69) is 46.2 Å². The molecule has 3 aromatic rings. The molecular formula is C22H26N4O2S. The molecular weight excluding hydrogens is 384 g/mol. The van der Waals surface area contributed by atoms with Crippen LogP contribution in [-0.4, -0.2) is 40.6 Å². The molecule has 7 heteroatoms. The molecule has 1 saturated heterocycles. The summed E-state index contributed by atoms with van der Waals surface area (Å²) in [5.74, 6) is 1.31. The van der Waals surface area contributed by atoms with Crippen LogP contribution in [0.4, 0.5) is 5.69 Å². The lowest BCUT2D eigenvalue weighted by Gasteiger charge is -2.35. The van der Waals surface area contributed by atoms with Gasteiger partial charge in [0.2, 0.25) is 17.6 Å². The largest absolute Gasteiger partial charge is 0.371 e. The van der Waals surface area contributed by atoms with Gasteiger partial charge in [-0.05, 0) is 50.3 Å². The van der Waals surface area contributed by atoms with Gasteiger partial charge < -0.3 is 14.3 Å². The second kappa shape index (κ2) is 8.78. The zero-order chi connectivity index (χ0) is 20.2. The molecule has 1 aliphatic rings. The summed E-state index contributed by atoms with van der Waals surface area (Å²) in [5.41, 5.74) is 2.50. The second-order valence-corrected chi connectivity index (χ2v) is 8.39. The molecule has 0 atom stereocenters. The Hall–Kier alpha value is -2.67. The van der Waals surface area contributed by atoms with Crippen molar-refractivity contribution in [1.29, 1.82) is 0 Å². The second-order valence-electron chi connectivity index (χ2n) is 7.44. The summed E-state index contributed by atoms with van der Waals surface area (Å²) in [7, 11) is 0. The number of rotatable bonds is 6. The van der Waals surface area contributed by atoms with Crippen LogP contribution in [0.3, 0.4) is 0 Å². The number of anilines is 1. The average Bonchev–Trinajstić information content (AvgIpc) is 3.44. The summed E-state index contributed by atoms with van der Waals surface area (Å²) in [5, 5.41) is 6.03. The zero-order valence-electron chi connectivity index (χ0n) is 16.9. The Labute approximate surface area is 175 Å². The Morgan fingerprint density at radius 1 is 1.24 bits per heavy atom. The van der Waals surface area contributed by atoms with E-state index in [0.29, 0.717) is 24.8 Å². The summed E-state index contributed by atoms with van der Waals surface area (Å²) < 4.78 is 5.39.